The van der Waals surface area contributed by atoms with Crippen LogP contribution in [0.25, 0.3) is 0 Å². The highest BCUT2D eigenvalue weighted by atomic mass is 31.0. The van der Waals surface area contributed by atoms with Crippen LogP contribution in [-0.2, 0) is 0 Å². The average Bonchev–Trinajstić information content (AvgIpc) is 1.68. The van der Waals surface area contributed by atoms with Crippen molar-refractivity contribution in [3.63, 3.8) is 0 Å². The Kier molecular flexibility index (Phi) is 5.86. The van der Waals surface area contributed by atoms with E-state index in [1.807, 2.05) is 0 Å². The summed E-state index contributed by atoms with van der Waals surface area (Å²) in [6.07, 6.45) is 5.40. The zero-order chi connectivity index (χ0) is 6.41. The highest BCUT2D eigenvalue weighted by molar-refractivity contribution is 7.17. The molecule has 0 saturated heterocycles. The fourth-order valence-corrected chi connectivity index (χ4v) is 1.55. The molecule has 0 heterocycles. The van der Waals surface area contributed by atoms with Gasteiger partial charge in [-0.2, -0.15) is 0 Å². The molecule has 0 rings (SSSR count). The van der Waals surface area contributed by atoms with Crippen LogP contribution in [0, 0.1) is 0 Å². The van der Waals surface area contributed by atoms with E-state index in [1.54, 1.807) is 0 Å². The van der Waals surface area contributed by atoms with E-state index in [0.29, 0.717) is 0 Å². The summed E-state index contributed by atoms with van der Waals surface area (Å²) in [5.74, 6) is 0. The molecular formula is C7H17P. The Balaban J connectivity index is 2.92. The summed E-state index contributed by atoms with van der Waals surface area (Å²) in [5.41, 5.74) is 0.880. The Morgan fingerprint density at radius 1 is 1.12 bits per heavy atom. The second-order valence-corrected chi connectivity index (χ2v) is 3.28. The van der Waals surface area contributed by atoms with Gasteiger partial charge in [-0.25, -0.2) is 0 Å². The summed E-state index contributed by atoms with van der Waals surface area (Å²) in [6, 6.07) is 0. The Labute approximate surface area is 55.3 Å². The largest absolute Gasteiger partial charge is 0.134 e. The van der Waals surface area contributed by atoms with Gasteiger partial charge in [-0.3, -0.25) is 0 Å². The second kappa shape index (κ2) is 5.56. The standard InChI is InChI=1S/C7H17P/c1-3-5-7(8)6-4-2/h7H,3-6,8H2,1-2H3. The van der Waals surface area contributed by atoms with Gasteiger partial charge in [0.25, 0.3) is 0 Å². The van der Waals surface area contributed by atoms with E-state index in [1.165, 1.54) is 25.7 Å². The van der Waals surface area contributed by atoms with Crippen molar-refractivity contribution in [2.45, 2.75) is 45.2 Å². The first-order chi connectivity index (χ1) is 3.81. The normalized spacial score (nSPS) is 10.5. The van der Waals surface area contributed by atoms with E-state index in [2.05, 4.69) is 23.1 Å². The fraction of sp³-hybridized carbons (Fsp3) is 1.00. The first-order valence-electron chi connectivity index (χ1n) is 3.56. The summed E-state index contributed by atoms with van der Waals surface area (Å²) in [5, 5.41) is 0. The van der Waals surface area contributed by atoms with E-state index in [0.717, 1.165) is 5.66 Å². The van der Waals surface area contributed by atoms with Crippen LogP contribution in [0.2, 0.25) is 0 Å². The Morgan fingerprint density at radius 2 is 1.50 bits per heavy atom. The molecule has 0 bridgehead atoms. The summed E-state index contributed by atoms with van der Waals surface area (Å²) in [7, 11) is 2.90. The van der Waals surface area contributed by atoms with Gasteiger partial charge in [-0.1, -0.05) is 26.7 Å². The van der Waals surface area contributed by atoms with Gasteiger partial charge in [-0.05, 0) is 18.5 Å². The molecule has 0 aromatic heterocycles. The quantitative estimate of drug-likeness (QED) is 0.516. The van der Waals surface area contributed by atoms with Crippen LogP contribution >= 0.6 is 9.24 Å². The lowest BCUT2D eigenvalue weighted by Gasteiger charge is -2.05. The van der Waals surface area contributed by atoms with Gasteiger partial charge in [0.2, 0.25) is 0 Å². The van der Waals surface area contributed by atoms with E-state index in [9.17, 15) is 0 Å². The monoisotopic (exact) mass is 132 g/mol. The molecule has 1 heteroatoms. The molecule has 0 aliphatic rings. The summed E-state index contributed by atoms with van der Waals surface area (Å²) < 4.78 is 0. The molecule has 0 saturated carbocycles. The van der Waals surface area contributed by atoms with Crippen molar-refractivity contribution >= 4 is 9.24 Å². The molecule has 0 radical (unpaired) electrons. The minimum absolute atomic E-state index is 0.880. The van der Waals surface area contributed by atoms with Gasteiger partial charge >= 0.3 is 0 Å². The first kappa shape index (κ1) is 8.43. The Bertz CT molecular complexity index is 37.7. The van der Waals surface area contributed by atoms with Gasteiger partial charge in [0.05, 0.1) is 0 Å². The maximum absolute atomic E-state index is 2.90. The second-order valence-electron chi connectivity index (χ2n) is 2.34. The minimum Gasteiger partial charge on any atom is -0.134 e. The Morgan fingerprint density at radius 3 is 1.75 bits per heavy atom. The van der Waals surface area contributed by atoms with Crippen molar-refractivity contribution in [2.24, 2.45) is 0 Å². The van der Waals surface area contributed by atoms with Crippen molar-refractivity contribution < 1.29 is 0 Å². The topological polar surface area (TPSA) is 0 Å². The predicted molar refractivity (Wildman–Crippen MR) is 43.3 cm³/mol. The van der Waals surface area contributed by atoms with Crippen LogP contribution in [0.1, 0.15) is 39.5 Å². The van der Waals surface area contributed by atoms with Crippen molar-refractivity contribution in [3.05, 3.63) is 0 Å². The molecule has 0 aliphatic heterocycles. The molecule has 0 amide bonds. The van der Waals surface area contributed by atoms with Crippen LogP contribution in [0.4, 0.5) is 0 Å². The maximum Gasteiger partial charge on any atom is -0.0264 e. The maximum atomic E-state index is 2.90. The van der Waals surface area contributed by atoms with Crippen molar-refractivity contribution in [3.8, 4) is 0 Å². The highest BCUT2D eigenvalue weighted by Gasteiger charge is 1.95. The molecule has 0 N–H and O–H groups in total. The van der Waals surface area contributed by atoms with E-state index < -0.39 is 0 Å². The van der Waals surface area contributed by atoms with Gasteiger partial charge < -0.3 is 0 Å². The van der Waals surface area contributed by atoms with E-state index >= 15 is 0 Å². The highest BCUT2D eigenvalue weighted by Crippen LogP contribution is 2.13. The third-order valence-electron chi connectivity index (χ3n) is 1.32. The van der Waals surface area contributed by atoms with Crippen LogP contribution in [0.15, 0.2) is 0 Å². The van der Waals surface area contributed by atoms with Gasteiger partial charge in [0, 0.05) is 0 Å². The third kappa shape index (κ3) is 4.59. The van der Waals surface area contributed by atoms with Crippen LogP contribution < -0.4 is 0 Å². The first-order valence-corrected chi connectivity index (χ1v) is 4.23. The van der Waals surface area contributed by atoms with Crippen molar-refractivity contribution in [1.82, 2.24) is 0 Å². The third-order valence-corrected chi connectivity index (χ3v) is 1.99. The lowest BCUT2D eigenvalue weighted by atomic mass is 10.2. The van der Waals surface area contributed by atoms with Crippen LogP contribution in [0.3, 0.4) is 0 Å². The summed E-state index contributed by atoms with van der Waals surface area (Å²) in [6.45, 7) is 4.49. The number of hydrogen-bond acceptors (Lipinski definition) is 0. The molecule has 0 aromatic carbocycles. The number of rotatable bonds is 4. The molecule has 8 heavy (non-hydrogen) atoms. The molecule has 0 aliphatic carbocycles. The van der Waals surface area contributed by atoms with Crippen molar-refractivity contribution in [2.75, 3.05) is 0 Å². The van der Waals surface area contributed by atoms with Crippen LogP contribution in [-0.4, -0.2) is 5.66 Å². The van der Waals surface area contributed by atoms with Crippen molar-refractivity contribution in [1.29, 1.82) is 0 Å². The van der Waals surface area contributed by atoms with Gasteiger partial charge in [0.15, 0.2) is 0 Å². The minimum atomic E-state index is 0.880. The smallest absolute Gasteiger partial charge is 0.0264 e. The molecule has 1 unspecified atom stereocenters. The molecule has 0 nitrogen and oxygen atoms in total. The van der Waals surface area contributed by atoms with E-state index in [4.69, 9.17) is 0 Å². The predicted octanol–water partition coefficient (Wildman–Crippen LogP) is 2.83. The van der Waals surface area contributed by atoms with Gasteiger partial charge in [-0.15, -0.1) is 9.24 Å². The lowest BCUT2D eigenvalue weighted by molar-refractivity contribution is 0.673. The van der Waals surface area contributed by atoms with Crippen LogP contribution in [0.5, 0.6) is 0 Å². The number of hydrogen-bond donors (Lipinski definition) is 0. The Hall–Kier alpha value is 0.430. The SMILES string of the molecule is CCCC(P)CCC. The molecule has 0 fully saturated rings. The molecule has 1 atom stereocenters. The van der Waals surface area contributed by atoms with Gasteiger partial charge in [0.1, 0.15) is 0 Å². The molecular weight excluding hydrogens is 115 g/mol. The molecule has 0 spiro atoms. The molecule has 0 aromatic rings. The average molecular weight is 132 g/mol. The molecule has 50 valence electrons. The fourth-order valence-electron chi connectivity index (χ4n) is 0.886. The lowest BCUT2D eigenvalue weighted by Crippen LogP contribution is -1.94. The van der Waals surface area contributed by atoms with E-state index in [-0.39, 0.29) is 0 Å². The summed E-state index contributed by atoms with van der Waals surface area (Å²) >= 11 is 0. The zero-order valence-corrected chi connectivity index (χ0v) is 7.14. The zero-order valence-electron chi connectivity index (χ0n) is 5.98. The summed E-state index contributed by atoms with van der Waals surface area (Å²) in [4.78, 5) is 0.